The number of pyridine rings is 1. The maximum Gasteiger partial charge on any atom is 0.262 e. The molecule has 0 radical (unpaired) electrons. The van der Waals surface area contributed by atoms with Gasteiger partial charge in [0.2, 0.25) is 5.91 Å². The van der Waals surface area contributed by atoms with Crippen molar-refractivity contribution in [3.63, 3.8) is 0 Å². The molecule has 172 valence electrons. The number of carbonyl (C=O) groups is 3. The number of anilines is 1. The number of piperidine rings is 1. The molecule has 0 bridgehead atoms. The molecule has 1 fully saturated rings. The molecule has 0 aliphatic carbocycles. The molecule has 9 heteroatoms. The smallest absolute Gasteiger partial charge is 0.262 e. The Bertz CT molecular complexity index is 1050. The van der Waals surface area contributed by atoms with E-state index in [2.05, 4.69) is 25.5 Å². The number of hydrogen-bond acceptors (Lipinski definition) is 6. The molecule has 2 atom stereocenters. The second-order valence-electron chi connectivity index (χ2n) is 8.20. The fourth-order valence-electron chi connectivity index (χ4n) is 3.84. The van der Waals surface area contributed by atoms with Crippen LogP contribution in [0.25, 0.3) is 0 Å². The van der Waals surface area contributed by atoms with Crippen molar-refractivity contribution >= 4 is 40.3 Å². The van der Waals surface area contributed by atoms with Crippen molar-refractivity contribution in [3.05, 3.63) is 59.9 Å². The molecule has 2 aliphatic heterocycles. The number of benzene rings is 1. The van der Waals surface area contributed by atoms with Gasteiger partial charge < -0.3 is 15.5 Å². The molecule has 33 heavy (non-hydrogen) atoms. The van der Waals surface area contributed by atoms with Crippen LogP contribution in [0.2, 0.25) is 0 Å². The van der Waals surface area contributed by atoms with Crippen molar-refractivity contribution in [2.75, 3.05) is 18.4 Å². The Hall–Kier alpha value is -3.20. The fraction of sp³-hybridized carbons (Fsp3) is 0.375. The first-order chi connectivity index (χ1) is 16.0. The van der Waals surface area contributed by atoms with E-state index in [0.717, 1.165) is 36.7 Å². The van der Waals surface area contributed by atoms with E-state index in [1.165, 1.54) is 18.2 Å². The number of rotatable bonds is 6. The van der Waals surface area contributed by atoms with Crippen LogP contribution in [-0.4, -0.2) is 51.1 Å². The Balaban J connectivity index is 1.31. The van der Waals surface area contributed by atoms with Crippen LogP contribution in [0.1, 0.15) is 54.6 Å². The molecular weight excluding hydrogens is 438 g/mol. The highest BCUT2D eigenvalue weighted by Gasteiger charge is 2.33. The van der Waals surface area contributed by atoms with Gasteiger partial charge in [-0.2, -0.15) is 4.99 Å². The van der Waals surface area contributed by atoms with E-state index in [9.17, 15) is 14.4 Å². The Labute approximate surface area is 197 Å². The highest BCUT2D eigenvalue weighted by Crippen LogP contribution is 2.29. The van der Waals surface area contributed by atoms with E-state index in [-0.39, 0.29) is 30.2 Å². The average molecular weight is 466 g/mol. The van der Waals surface area contributed by atoms with Gasteiger partial charge in [0.25, 0.3) is 11.8 Å². The van der Waals surface area contributed by atoms with Crippen molar-refractivity contribution in [2.24, 2.45) is 4.99 Å². The van der Waals surface area contributed by atoms with Gasteiger partial charge in [-0.05, 0) is 56.0 Å². The lowest BCUT2D eigenvalue weighted by molar-refractivity contribution is -0.121. The van der Waals surface area contributed by atoms with Crippen LogP contribution in [0.15, 0.2) is 53.8 Å². The summed E-state index contributed by atoms with van der Waals surface area (Å²) in [6.07, 6.45) is 6.84. The first-order valence-electron chi connectivity index (χ1n) is 11.1. The summed E-state index contributed by atoms with van der Waals surface area (Å²) in [5.41, 5.74) is 1.85. The maximum atomic E-state index is 12.7. The SMILES string of the molecule is C[C@H](NC(=O)c1cccc(NC(=O)C[C@H]2SC(N3CCCCC3)=NC2=O)c1)c1cccnc1. The Morgan fingerprint density at radius 3 is 2.76 bits per heavy atom. The van der Waals surface area contributed by atoms with Gasteiger partial charge in [0.15, 0.2) is 5.17 Å². The summed E-state index contributed by atoms with van der Waals surface area (Å²) in [5, 5.41) is 5.97. The summed E-state index contributed by atoms with van der Waals surface area (Å²) in [5.74, 6) is -0.783. The van der Waals surface area contributed by atoms with Gasteiger partial charge in [0.1, 0.15) is 5.25 Å². The minimum absolute atomic E-state index is 0.0405. The number of amides is 3. The Kier molecular flexibility index (Phi) is 7.39. The molecule has 8 nitrogen and oxygen atoms in total. The van der Waals surface area contributed by atoms with E-state index in [1.54, 1.807) is 36.7 Å². The van der Waals surface area contributed by atoms with E-state index < -0.39 is 5.25 Å². The number of aromatic nitrogens is 1. The monoisotopic (exact) mass is 465 g/mol. The molecule has 0 saturated carbocycles. The van der Waals surface area contributed by atoms with Crippen LogP contribution >= 0.6 is 11.8 Å². The van der Waals surface area contributed by atoms with Crippen molar-refractivity contribution in [2.45, 2.75) is 43.9 Å². The van der Waals surface area contributed by atoms with Crippen molar-refractivity contribution in [1.29, 1.82) is 0 Å². The molecule has 3 amide bonds. The number of carbonyl (C=O) groups excluding carboxylic acids is 3. The van der Waals surface area contributed by atoms with E-state index in [4.69, 9.17) is 0 Å². The molecule has 1 aromatic carbocycles. The van der Waals surface area contributed by atoms with Crippen molar-refractivity contribution in [3.8, 4) is 0 Å². The van der Waals surface area contributed by atoms with Gasteiger partial charge in [0, 0.05) is 43.2 Å². The average Bonchev–Trinajstić information content (AvgIpc) is 3.20. The maximum absolute atomic E-state index is 12.7. The lowest BCUT2D eigenvalue weighted by Crippen LogP contribution is -2.33. The second-order valence-corrected chi connectivity index (χ2v) is 9.37. The van der Waals surface area contributed by atoms with Crippen LogP contribution in [0.5, 0.6) is 0 Å². The second kappa shape index (κ2) is 10.6. The Morgan fingerprint density at radius 2 is 2.00 bits per heavy atom. The third-order valence-electron chi connectivity index (χ3n) is 5.67. The van der Waals surface area contributed by atoms with E-state index >= 15 is 0 Å². The number of amidine groups is 1. The minimum atomic E-state index is -0.506. The number of hydrogen-bond donors (Lipinski definition) is 2. The third kappa shape index (κ3) is 5.98. The molecule has 0 unspecified atom stereocenters. The summed E-state index contributed by atoms with van der Waals surface area (Å²) in [7, 11) is 0. The van der Waals surface area contributed by atoms with Gasteiger partial charge in [-0.25, -0.2) is 0 Å². The van der Waals surface area contributed by atoms with Gasteiger partial charge in [-0.3, -0.25) is 19.4 Å². The summed E-state index contributed by atoms with van der Waals surface area (Å²) in [6.45, 7) is 3.70. The largest absolute Gasteiger partial charge is 0.351 e. The lowest BCUT2D eigenvalue weighted by atomic mass is 10.1. The van der Waals surface area contributed by atoms with Gasteiger partial charge in [-0.15, -0.1) is 0 Å². The van der Waals surface area contributed by atoms with Crippen molar-refractivity contribution in [1.82, 2.24) is 15.2 Å². The van der Waals surface area contributed by atoms with Crippen LogP contribution < -0.4 is 10.6 Å². The molecule has 3 heterocycles. The fourth-order valence-corrected chi connectivity index (χ4v) is 4.96. The normalized spacial score (nSPS) is 19.1. The third-order valence-corrected chi connectivity index (χ3v) is 6.88. The molecule has 1 aromatic heterocycles. The number of likely N-dealkylation sites (tertiary alicyclic amines) is 1. The summed E-state index contributed by atoms with van der Waals surface area (Å²) in [6, 6.07) is 10.3. The zero-order valence-corrected chi connectivity index (χ0v) is 19.3. The molecule has 4 rings (SSSR count). The summed E-state index contributed by atoms with van der Waals surface area (Å²) in [4.78, 5) is 47.9. The van der Waals surface area contributed by atoms with Gasteiger partial charge in [0.05, 0.1) is 6.04 Å². The predicted molar refractivity (Wildman–Crippen MR) is 129 cm³/mol. The van der Waals surface area contributed by atoms with E-state index in [1.807, 2.05) is 19.1 Å². The Morgan fingerprint density at radius 1 is 1.18 bits per heavy atom. The summed E-state index contributed by atoms with van der Waals surface area (Å²) >= 11 is 1.37. The first kappa shape index (κ1) is 23.0. The van der Waals surface area contributed by atoms with E-state index in [0.29, 0.717) is 11.3 Å². The topological polar surface area (TPSA) is 104 Å². The highest BCUT2D eigenvalue weighted by molar-refractivity contribution is 8.15. The van der Waals surface area contributed by atoms with Crippen molar-refractivity contribution < 1.29 is 14.4 Å². The molecular formula is C24H27N5O3S. The van der Waals surface area contributed by atoms with Crippen LogP contribution in [0.4, 0.5) is 5.69 Å². The van der Waals surface area contributed by atoms with Gasteiger partial charge >= 0.3 is 0 Å². The van der Waals surface area contributed by atoms with Crippen LogP contribution in [0, 0.1) is 0 Å². The van der Waals surface area contributed by atoms with Gasteiger partial charge in [-0.1, -0.05) is 23.9 Å². The highest BCUT2D eigenvalue weighted by atomic mass is 32.2. The quantitative estimate of drug-likeness (QED) is 0.678. The first-order valence-corrected chi connectivity index (χ1v) is 12.0. The number of aliphatic imine (C=N–C) groups is 1. The lowest BCUT2D eigenvalue weighted by Gasteiger charge is -2.27. The van der Waals surface area contributed by atoms with Crippen LogP contribution in [-0.2, 0) is 9.59 Å². The predicted octanol–water partition coefficient (Wildman–Crippen LogP) is 3.39. The molecule has 0 spiro atoms. The minimum Gasteiger partial charge on any atom is -0.351 e. The number of nitrogens with zero attached hydrogens (tertiary/aromatic N) is 3. The summed E-state index contributed by atoms with van der Waals surface area (Å²) < 4.78 is 0. The van der Waals surface area contributed by atoms with Crippen LogP contribution in [0.3, 0.4) is 0 Å². The molecule has 2 aliphatic rings. The standard InChI is InChI=1S/C24H27N5O3S/c1-16(18-8-6-10-25-15-18)26-22(31)17-7-5-9-19(13-17)27-21(30)14-20-23(32)28-24(33-20)29-11-3-2-4-12-29/h5-10,13,15-16,20H,2-4,11-12,14H2,1H3,(H,26,31)(H,27,30)/t16-,20+/m0/s1. The molecule has 1 saturated heterocycles. The molecule has 2 aromatic rings. The molecule has 2 N–H and O–H groups in total. The number of thioether (sulfide) groups is 1. The zero-order chi connectivity index (χ0) is 23.2. The number of nitrogens with one attached hydrogen (secondary N) is 2. The zero-order valence-electron chi connectivity index (χ0n) is 18.5.